The number of fused-ring (bicyclic) bond motifs is 1. The number of likely N-dealkylation sites (tertiary alicyclic amines) is 1. The number of sulfone groups is 1. The molecular weight excluding hydrogens is 514 g/mol. The number of carbonyl (C=O) groups excluding carboxylic acids is 2. The monoisotopic (exact) mass is 538 g/mol. The number of nitrogens with one attached hydrogen (secondary N) is 1. The van der Waals surface area contributed by atoms with E-state index >= 15 is 0 Å². The van der Waals surface area contributed by atoms with Crippen LogP contribution in [0.15, 0.2) is 35.2 Å². The number of carbonyl (C=O) groups is 2. The molecule has 7 nitrogen and oxygen atoms in total. The van der Waals surface area contributed by atoms with Crippen molar-refractivity contribution in [2.24, 2.45) is 11.8 Å². The Kier molecular flexibility index (Phi) is 6.33. The van der Waals surface area contributed by atoms with E-state index < -0.39 is 45.4 Å². The summed E-state index contributed by atoms with van der Waals surface area (Å²) in [6.45, 7) is 2.24. The van der Waals surface area contributed by atoms with E-state index in [1.54, 1.807) is 13.0 Å². The van der Waals surface area contributed by atoms with Crippen LogP contribution in [0.1, 0.15) is 40.4 Å². The number of amides is 2. The fraction of sp³-hybridized carbons (Fsp3) is 0.440. The average Bonchev–Trinajstić information content (AvgIpc) is 3.42. The Hall–Kier alpha value is -2.56. The highest BCUT2D eigenvalue weighted by Crippen LogP contribution is 2.48. The molecule has 0 aromatic heterocycles. The lowest BCUT2D eigenvalue weighted by Crippen LogP contribution is -2.51. The number of aryl methyl sites for hydroxylation is 1. The summed E-state index contributed by atoms with van der Waals surface area (Å²) in [6, 6.07) is 4.49. The van der Waals surface area contributed by atoms with Gasteiger partial charge in [-0.15, -0.1) is 0 Å². The molecule has 1 aliphatic carbocycles. The van der Waals surface area contributed by atoms with Crippen LogP contribution in [0.2, 0.25) is 5.02 Å². The van der Waals surface area contributed by atoms with Crippen molar-refractivity contribution in [3.05, 3.63) is 63.7 Å². The fourth-order valence-corrected chi connectivity index (χ4v) is 6.03. The first-order valence-corrected chi connectivity index (χ1v) is 13.9. The summed E-state index contributed by atoms with van der Waals surface area (Å²) in [7, 11) is -3.54. The molecule has 0 radical (unpaired) electrons. The van der Waals surface area contributed by atoms with Gasteiger partial charge in [0.05, 0.1) is 29.2 Å². The Morgan fingerprint density at radius 2 is 1.83 bits per heavy atom. The molecule has 0 spiro atoms. The first-order chi connectivity index (χ1) is 16.9. The van der Waals surface area contributed by atoms with E-state index in [2.05, 4.69) is 5.32 Å². The van der Waals surface area contributed by atoms with Crippen LogP contribution in [0.4, 0.5) is 8.78 Å². The van der Waals surface area contributed by atoms with Gasteiger partial charge in [-0.25, -0.2) is 17.2 Å². The van der Waals surface area contributed by atoms with Crippen molar-refractivity contribution in [3.63, 3.8) is 0 Å². The number of benzene rings is 2. The maximum absolute atomic E-state index is 14.7. The Labute approximate surface area is 212 Å². The third-order valence-corrected chi connectivity index (χ3v) is 8.56. The van der Waals surface area contributed by atoms with Gasteiger partial charge in [-0.2, -0.15) is 0 Å². The van der Waals surface area contributed by atoms with E-state index in [4.69, 9.17) is 16.3 Å². The van der Waals surface area contributed by atoms with Crippen molar-refractivity contribution in [2.45, 2.75) is 42.8 Å². The summed E-state index contributed by atoms with van der Waals surface area (Å²) < 4.78 is 58.3. The molecule has 2 aliphatic heterocycles. The number of rotatable bonds is 6. The predicted molar refractivity (Wildman–Crippen MR) is 127 cm³/mol. The van der Waals surface area contributed by atoms with Crippen LogP contribution in [-0.2, 0) is 19.4 Å². The highest BCUT2D eigenvalue weighted by Gasteiger charge is 2.56. The Bertz CT molecular complexity index is 1360. The highest BCUT2D eigenvalue weighted by molar-refractivity contribution is 7.90. The molecule has 2 saturated heterocycles. The minimum atomic E-state index is -3.54. The fourth-order valence-electron chi connectivity index (χ4n) is 5.14. The van der Waals surface area contributed by atoms with Crippen LogP contribution < -0.4 is 5.32 Å². The van der Waals surface area contributed by atoms with Crippen molar-refractivity contribution >= 4 is 33.3 Å². The molecule has 1 saturated carbocycles. The van der Waals surface area contributed by atoms with Gasteiger partial charge in [0, 0.05) is 29.3 Å². The molecule has 11 heteroatoms. The first kappa shape index (κ1) is 25.1. The minimum Gasteiger partial charge on any atom is -0.381 e. The summed E-state index contributed by atoms with van der Waals surface area (Å²) in [5.74, 6) is -2.54. The summed E-state index contributed by atoms with van der Waals surface area (Å²) >= 11 is 5.70. The van der Waals surface area contributed by atoms with Crippen molar-refractivity contribution in [2.75, 3.05) is 19.5 Å². The second-order valence-electron chi connectivity index (χ2n) is 9.91. The van der Waals surface area contributed by atoms with Gasteiger partial charge in [0.15, 0.2) is 9.84 Å². The zero-order chi connectivity index (χ0) is 25.9. The van der Waals surface area contributed by atoms with Gasteiger partial charge >= 0.3 is 0 Å². The highest BCUT2D eigenvalue weighted by atomic mass is 35.5. The molecule has 2 aromatic carbocycles. The molecule has 5 rings (SSSR count). The topological polar surface area (TPSA) is 92.8 Å². The van der Waals surface area contributed by atoms with Crippen molar-refractivity contribution < 1.29 is 31.5 Å². The number of hydrogen-bond acceptors (Lipinski definition) is 5. The number of ether oxygens (including phenoxy) is 1. The molecule has 4 atom stereocenters. The maximum atomic E-state index is 14.7. The smallest absolute Gasteiger partial charge is 0.254 e. The van der Waals surface area contributed by atoms with Crippen LogP contribution >= 0.6 is 11.6 Å². The normalized spacial score (nSPS) is 24.1. The van der Waals surface area contributed by atoms with Crippen LogP contribution in [-0.4, -0.2) is 56.7 Å². The largest absolute Gasteiger partial charge is 0.381 e. The van der Waals surface area contributed by atoms with Gasteiger partial charge in [-0.1, -0.05) is 11.6 Å². The van der Waals surface area contributed by atoms with Crippen molar-refractivity contribution in [3.8, 4) is 0 Å². The molecule has 0 unspecified atom stereocenters. The van der Waals surface area contributed by atoms with E-state index in [-0.39, 0.29) is 52.1 Å². The number of halogens is 3. The predicted octanol–water partition coefficient (Wildman–Crippen LogP) is 3.44. The Balaban J connectivity index is 1.42. The molecule has 1 N–H and O–H groups in total. The summed E-state index contributed by atoms with van der Waals surface area (Å²) in [6.07, 6.45) is 2.28. The number of hydrogen-bond donors (Lipinski definition) is 1. The van der Waals surface area contributed by atoms with Gasteiger partial charge in [-0.3, -0.25) is 9.59 Å². The molecule has 3 aliphatic rings. The molecule has 2 heterocycles. The van der Waals surface area contributed by atoms with Gasteiger partial charge in [0.1, 0.15) is 17.7 Å². The number of piperidine rings is 1. The molecule has 3 fully saturated rings. The maximum Gasteiger partial charge on any atom is 0.254 e. The van der Waals surface area contributed by atoms with E-state index in [0.717, 1.165) is 24.8 Å². The zero-order valence-corrected chi connectivity index (χ0v) is 21.2. The molecule has 192 valence electrons. The molecule has 2 amide bonds. The number of nitrogens with zero attached hydrogens (tertiary/aromatic N) is 1. The second-order valence-corrected chi connectivity index (χ2v) is 12.3. The second kappa shape index (κ2) is 9.08. The summed E-state index contributed by atoms with van der Waals surface area (Å²) in [5, 5.41) is 2.47. The summed E-state index contributed by atoms with van der Waals surface area (Å²) in [5.41, 5.74) is 0.769. The first-order valence-electron chi connectivity index (χ1n) is 11.6. The van der Waals surface area contributed by atoms with Gasteiger partial charge in [0.25, 0.3) is 5.91 Å². The lowest BCUT2D eigenvalue weighted by molar-refractivity contribution is -0.128. The van der Waals surface area contributed by atoms with E-state index in [1.165, 1.54) is 17.0 Å². The van der Waals surface area contributed by atoms with Crippen molar-refractivity contribution in [1.82, 2.24) is 10.2 Å². The Morgan fingerprint density at radius 3 is 2.47 bits per heavy atom. The van der Waals surface area contributed by atoms with E-state index in [9.17, 15) is 26.8 Å². The molecule has 0 bridgehead atoms. The van der Waals surface area contributed by atoms with Crippen molar-refractivity contribution in [1.29, 1.82) is 0 Å². The molecule has 36 heavy (non-hydrogen) atoms. The minimum absolute atomic E-state index is 0.0312. The SMILES string of the molecule is Cc1cc(C(=O)N2[C@@H](C(=O)N[C@@H](c3cc(F)c(Cl)cc3F)C3COC3)C[C@H]3C[C@H]32)cc(S(C)(=O)=O)c1. The molecule has 2 aromatic rings. The zero-order valence-electron chi connectivity index (χ0n) is 19.6. The van der Waals surface area contributed by atoms with Crippen LogP contribution in [0.5, 0.6) is 0 Å². The quantitative estimate of drug-likeness (QED) is 0.569. The summed E-state index contributed by atoms with van der Waals surface area (Å²) in [4.78, 5) is 28.5. The van der Waals surface area contributed by atoms with Crippen LogP contribution in [0, 0.1) is 30.4 Å². The molecular formula is C25H25ClF2N2O5S. The standard InChI is InChI=1S/C25H25ClF2N2O5S/c1-12-3-14(5-16(4-12)36(2,33)34)25(32)30-21-6-13(21)7-22(30)24(31)29-23(15-10-35-11-15)17-8-20(28)18(26)9-19(17)27/h3-5,8-9,13,15,21-23H,6-7,10-11H2,1-2H3,(H,29,31)/t13-,21-,22-,23-/m1/s1. The van der Waals surface area contributed by atoms with E-state index in [1.807, 2.05) is 0 Å². The van der Waals surface area contributed by atoms with Gasteiger partial charge in [0.2, 0.25) is 5.91 Å². The lowest BCUT2D eigenvalue weighted by Gasteiger charge is -2.36. The third-order valence-electron chi connectivity index (χ3n) is 7.18. The lowest BCUT2D eigenvalue weighted by atomic mass is 9.90. The van der Waals surface area contributed by atoms with E-state index in [0.29, 0.717) is 12.0 Å². The van der Waals surface area contributed by atoms with Crippen LogP contribution in [0.25, 0.3) is 0 Å². The van der Waals surface area contributed by atoms with Gasteiger partial charge in [-0.05, 0) is 61.6 Å². The Morgan fingerprint density at radius 1 is 1.11 bits per heavy atom. The third kappa shape index (κ3) is 4.62. The van der Waals surface area contributed by atoms with Crippen LogP contribution in [0.3, 0.4) is 0 Å². The van der Waals surface area contributed by atoms with Gasteiger partial charge < -0.3 is 15.0 Å². The average molecular weight is 539 g/mol.